The van der Waals surface area contributed by atoms with Gasteiger partial charge in [-0.3, -0.25) is 9.59 Å². The Balaban J connectivity index is 1.65. The highest BCUT2D eigenvalue weighted by Crippen LogP contribution is 2.34. The van der Waals surface area contributed by atoms with Crippen LogP contribution in [0.1, 0.15) is 20.7 Å². The van der Waals surface area contributed by atoms with Crippen molar-refractivity contribution in [1.29, 1.82) is 0 Å². The smallest absolute Gasteiger partial charge is 0.255 e. The minimum Gasteiger partial charge on any atom is -0.321 e. The van der Waals surface area contributed by atoms with E-state index in [-0.39, 0.29) is 11.8 Å². The van der Waals surface area contributed by atoms with Gasteiger partial charge in [0.1, 0.15) is 0 Å². The van der Waals surface area contributed by atoms with E-state index in [1.54, 1.807) is 24.3 Å². The molecule has 4 nitrogen and oxygen atoms in total. The van der Waals surface area contributed by atoms with E-state index in [1.807, 2.05) is 84.9 Å². The van der Waals surface area contributed by atoms with Gasteiger partial charge in [0.05, 0.1) is 0 Å². The molecule has 0 saturated heterocycles. The Labute approximate surface area is 175 Å². The molecule has 0 aliphatic heterocycles. The molecule has 146 valence electrons. The molecule has 0 aromatic heterocycles. The van der Waals surface area contributed by atoms with Crippen LogP contribution in [0.25, 0.3) is 11.1 Å². The van der Waals surface area contributed by atoms with Crippen molar-refractivity contribution in [1.82, 2.24) is 0 Å². The van der Waals surface area contributed by atoms with Gasteiger partial charge in [-0.05, 0) is 36.4 Å². The summed E-state index contributed by atoms with van der Waals surface area (Å²) < 4.78 is 0. The Morgan fingerprint density at radius 3 is 1.17 bits per heavy atom. The molecule has 0 fully saturated rings. The lowest BCUT2D eigenvalue weighted by Crippen LogP contribution is -2.14. The Kier molecular flexibility index (Phi) is 5.67. The van der Waals surface area contributed by atoms with E-state index in [0.717, 1.165) is 11.1 Å². The van der Waals surface area contributed by atoms with Gasteiger partial charge in [-0.15, -0.1) is 0 Å². The maximum absolute atomic E-state index is 12.7. The van der Waals surface area contributed by atoms with Crippen molar-refractivity contribution >= 4 is 23.2 Å². The molecule has 4 aromatic rings. The van der Waals surface area contributed by atoms with Crippen molar-refractivity contribution < 1.29 is 9.59 Å². The van der Waals surface area contributed by atoms with Crippen LogP contribution < -0.4 is 10.6 Å². The zero-order valence-electron chi connectivity index (χ0n) is 16.2. The fourth-order valence-corrected chi connectivity index (χ4v) is 3.22. The number of hydrogen-bond acceptors (Lipinski definition) is 2. The minimum atomic E-state index is -0.186. The number of para-hydroxylation sites is 2. The van der Waals surface area contributed by atoms with E-state index in [9.17, 15) is 9.59 Å². The van der Waals surface area contributed by atoms with Gasteiger partial charge in [-0.2, -0.15) is 0 Å². The summed E-state index contributed by atoms with van der Waals surface area (Å²) in [6, 6.07) is 33.2. The van der Waals surface area contributed by atoms with Gasteiger partial charge in [0, 0.05) is 33.6 Å². The molecule has 0 heterocycles. The first kappa shape index (κ1) is 19.2. The molecule has 0 saturated carbocycles. The van der Waals surface area contributed by atoms with E-state index in [1.165, 1.54) is 0 Å². The molecule has 0 spiro atoms. The number of carbonyl (C=O) groups excluding carboxylic acids is 2. The summed E-state index contributed by atoms with van der Waals surface area (Å²) in [5.41, 5.74) is 4.16. The fraction of sp³-hybridized carbons (Fsp3) is 0. The zero-order valence-corrected chi connectivity index (χ0v) is 16.2. The zero-order chi connectivity index (χ0) is 20.8. The van der Waals surface area contributed by atoms with Crippen LogP contribution in [0.4, 0.5) is 11.4 Å². The number of amides is 2. The lowest BCUT2D eigenvalue weighted by atomic mass is 10.0. The van der Waals surface area contributed by atoms with Gasteiger partial charge in [-0.25, -0.2) is 0 Å². The van der Waals surface area contributed by atoms with Gasteiger partial charge in [-0.1, -0.05) is 72.8 Å². The number of carbonyl (C=O) groups is 2. The molecular formula is C26H20N2O2. The lowest BCUT2D eigenvalue weighted by molar-refractivity contribution is 0.101. The van der Waals surface area contributed by atoms with Gasteiger partial charge in [0.15, 0.2) is 0 Å². The summed E-state index contributed by atoms with van der Waals surface area (Å²) in [7, 11) is 0. The topological polar surface area (TPSA) is 58.2 Å². The SMILES string of the molecule is O=C(Nc1ccccc1-c1ccccc1NC(=O)c1ccccc1)c1ccccc1. The molecule has 0 bridgehead atoms. The van der Waals surface area contributed by atoms with Gasteiger partial charge >= 0.3 is 0 Å². The molecule has 0 unspecified atom stereocenters. The van der Waals surface area contributed by atoms with Crippen molar-refractivity contribution in [3.63, 3.8) is 0 Å². The molecule has 0 radical (unpaired) electrons. The highest BCUT2D eigenvalue weighted by atomic mass is 16.2. The van der Waals surface area contributed by atoms with Crippen LogP contribution in [-0.2, 0) is 0 Å². The van der Waals surface area contributed by atoms with Crippen molar-refractivity contribution in [3.05, 3.63) is 120 Å². The van der Waals surface area contributed by atoms with Crippen LogP contribution in [0.5, 0.6) is 0 Å². The van der Waals surface area contributed by atoms with Crippen molar-refractivity contribution in [2.45, 2.75) is 0 Å². The van der Waals surface area contributed by atoms with E-state index < -0.39 is 0 Å². The van der Waals surface area contributed by atoms with E-state index >= 15 is 0 Å². The van der Waals surface area contributed by atoms with Crippen LogP contribution in [0, 0.1) is 0 Å². The van der Waals surface area contributed by atoms with E-state index in [0.29, 0.717) is 22.5 Å². The number of benzene rings is 4. The summed E-state index contributed by atoms with van der Waals surface area (Å²) in [5, 5.41) is 5.97. The van der Waals surface area contributed by atoms with Gasteiger partial charge < -0.3 is 10.6 Å². The quantitative estimate of drug-likeness (QED) is 0.447. The average molecular weight is 392 g/mol. The lowest BCUT2D eigenvalue weighted by Gasteiger charge is -2.15. The molecule has 4 aromatic carbocycles. The first-order valence-electron chi connectivity index (χ1n) is 9.63. The summed E-state index contributed by atoms with van der Waals surface area (Å²) in [5.74, 6) is -0.372. The summed E-state index contributed by atoms with van der Waals surface area (Å²) in [6.07, 6.45) is 0. The largest absolute Gasteiger partial charge is 0.321 e. The minimum absolute atomic E-state index is 0.186. The van der Waals surface area contributed by atoms with Gasteiger partial charge in [0.2, 0.25) is 0 Å². The average Bonchev–Trinajstić information content (AvgIpc) is 2.81. The molecular weight excluding hydrogens is 372 g/mol. The number of rotatable bonds is 5. The monoisotopic (exact) mass is 392 g/mol. The third-order valence-electron chi connectivity index (χ3n) is 4.71. The predicted molar refractivity (Wildman–Crippen MR) is 121 cm³/mol. The van der Waals surface area contributed by atoms with E-state index in [2.05, 4.69) is 10.6 Å². The fourth-order valence-electron chi connectivity index (χ4n) is 3.22. The van der Waals surface area contributed by atoms with Crippen LogP contribution in [0.2, 0.25) is 0 Å². The van der Waals surface area contributed by atoms with E-state index in [4.69, 9.17) is 0 Å². The molecule has 0 aliphatic rings. The highest BCUT2D eigenvalue weighted by Gasteiger charge is 2.14. The maximum atomic E-state index is 12.7. The first-order chi connectivity index (χ1) is 14.7. The first-order valence-corrected chi connectivity index (χ1v) is 9.63. The number of nitrogens with one attached hydrogen (secondary N) is 2. The van der Waals surface area contributed by atoms with Crippen LogP contribution in [-0.4, -0.2) is 11.8 Å². The second kappa shape index (κ2) is 8.88. The summed E-state index contributed by atoms with van der Waals surface area (Å²) >= 11 is 0. The second-order valence-electron chi connectivity index (χ2n) is 6.73. The molecule has 30 heavy (non-hydrogen) atoms. The molecule has 0 atom stereocenters. The molecule has 4 heteroatoms. The van der Waals surface area contributed by atoms with Crippen molar-refractivity contribution in [2.75, 3.05) is 10.6 Å². The second-order valence-corrected chi connectivity index (χ2v) is 6.73. The third kappa shape index (κ3) is 4.28. The Morgan fingerprint density at radius 1 is 0.433 bits per heavy atom. The Morgan fingerprint density at radius 2 is 0.767 bits per heavy atom. The van der Waals surface area contributed by atoms with Crippen LogP contribution in [0.15, 0.2) is 109 Å². The highest BCUT2D eigenvalue weighted by molar-refractivity contribution is 6.09. The molecule has 2 N–H and O–H groups in total. The number of hydrogen-bond donors (Lipinski definition) is 2. The van der Waals surface area contributed by atoms with Crippen LogP contribution >= 0.6 is 0 Å². The number of anilines is 2. The molecule has 2 amide bonds. The third-order valence-corrected chi connectivity index (χ3v) is 4.71. The summed E-state index contributed by atoms with van der Waals surface area (Å²) in [6.45, 7) is 0. The van der Waals surface area contributed by atoms with Crippen molar-refractivity contribution in [3.8, 4) is 11.1 Å². The normalized spacial score (nSPS) is 10.3. The molecule has 0 aliphatic carbocycles. The Hall–Kier alpha value is -4.18. The van der Waals surface area contributed by atoms with Crippen LogP contribution in [0.3, 0.4) is 0 Å². The molecule has 4 rings (SSSR count). The Bertz CT molecular complexity index is 1080. The summed E-state index contributed by atoms with van der Waals surface area (Å²) in [4.78, 5) is 25.3. The standard InChI is InChI=1S/C26H20N2O2/c29-25(19-11-3-1-4-12-19)27-23-17-9-7-15-21(23)22-16-8-10-18-24(22)28-26(30)20-13-5-2-6-14-20/h1-18H,(H,27,29)(H,28,30). The van der Waals surface area contributed by atoms with Gasteiger partial charge in [0.25, 0.3) is 11.8 Å². The van der Waals surface area contributed by atoms with Crippen molar-refractivity contribution in [2.24, 2.45) is 0 Å². The predicted octanol–water partition coefficient (Wildman–Crippen LogP) is 5.86. The maximum Gasteiger partial charge on any atom is 0.255 e.